The van der Waals surface area contributed by atoms with Crippen LogP contribution in [0.25, 0.3) is 0 Å². The first-order valence-electron chi connectivity index (χ1n) is 6.33. The predicted molar refractivity (Wildman–Crippen MR) is 68.6 cm³/mol. The highest BCUT2D eigenvalue weighted by Gasteiger charge is 2.19. The Morgan fingerprint density at radius 3 is 3.12 bits per heavy atom. The summed E-state index contributed by atoms with van der Waals surface area (Å²) in [6.45, 7) is 5.85. The SMILES string of the molecule is CCN(Cc1ncccc1N)CC1CCCO1. The van der Waals surface area contributed by atoms with E-state index in [0.29, 0.717) is 6.10 Å². The number of anilines is 1. The summed E-state index contributed by atoms with van der Waals surface area (Å²) < 4.78 is 5.66. The van der Waals surface area contributed by atoms with Crippen molar-refractivity contribution in [1.82, 2.24) is 9.88 Å². The van der Waals surface area contributed by atoms with Crippen LogP contribution in [0.3, 0.4) is 0 Å². The Balaban J connectivity index is 1.92. The van der Waals surface area contributed by atoms with E-state index in [1.54, 1.807) is 6.20 Å². The number of nitrogen functional groups attached to an aromatic ring is 1. The van der Waals surface area contributed by atoms with Gasteiger partial charge in [-0.15, -0.1) is 0 Å². The Labute approximate surface area is 103 Å². The van der Waals surface area contributed by atoms with Crippen LogP contribution < -0.4 is 5.73 Å². The molecule has 0 spiro atoms. The van der Waals surface area contributed by atoms with Crippen molar-refractivity contribution in [1.29, 1.82) is 0 Å². The van der Waals surface area contributed by atoms with E-state index in [2.05, 4.69) is 16.8 Å². The fraction of sp³-hybridized carbons (Fsp3) is 0.615. The number of aromatic nitrogens is 1. The average Bonchev–Trinajstić information content (AvgIpc) is 2.84. The molecule has 1 atom stereocenters. The van der Waals surface area contributed by atoms with Crippen molar-refractivity contribution >= 4 is 5.69 Å². The lowest BCUT2D eigenvalue weighted by Gasteiger charge is -2.23. The molecule has 1 unspecified atom stereocenters. The van der Waals surface area contributed by atoms with Crippen molar-refractivity contribution in [3.05, 3.63) is 24.0 Å². The van der Waals surface area contributed by atoms with Gasteiger partial charge in [0.05, 0.1) is 17.5 Å². The van der Waals surface area contributed by atoms with Gasteiger partial charge in [0.2, 0.25) is 0 Å². The first kappa shape index (κ1) is 12.3. The molecule has 2 N–H and O–H groups in total. The lowest BCUT2D eigenvalue weighted by atomic mass is 10.2. The molecule has 17 heavy (non-hydrogen) atoms. The summed E-state index contributed by atoms with van der Waals surface area (Å²) in [5.74, 6) is 0. The summed E-state index contributed by atoms with van der Waals surface area (Å²) in [6.07, 6.45) is 4.55. The zero-order chi connectivity index (χ0) is 12.1. The van der Waals surface area contributed by atoms with Crippen molar-refractivity contribution in [3.63, 3.8) is 0 Å². The third kappa shape index (κ3) is 3.41. The van der Waals surface area contributed by atoms with Crippen molar-refractivity contribution < 1.29 is 4.74 Å². The molecule has 0 amide bonds. The minimum absolute atomic E-state index is 0.389. The van der Waals surface area contributed by atoms with Crippen molar-refractivity contribution in [2.45, 2.75) is 32.4 Å². The van der Waals surface area contributed by atoms with Crippen LogP contribution >= 0.6 is 0 Å². The molecule has 1 aliphatic rings. The maximum atomic E-state index is 5.91. The first-order valence-corrected chi connectivity index (χ1v) is 6.33. The highest BCUT2D eigenvalue weighted by atomic mass is 16.5. The minimum Gasteiger partial charge on any atom is -0.397 e. The summed E-state index contributed by atoms with van der Waals surface area (Å²) in [6, 6.07) is 3.78. The predicted octanol–water partition coefficient (Wildman–Crippen LogP) is 1.66. The molecule has 2 heterocycles. The van der Waals surface area contributed by atoms with Gasteiger partial charge in [-0.05, 0) is 31.5 Å². The monoisotopic (exact) mass is 235 g/mol. The molecule has 4 heteroatoms. The van der Waals surface area contributed by atoms with Gasteiger partial charge in [-0.3, -0.25) is 9.88 Å². The molecule has 4 nitrogen and oxygen atoms in total. The van der Waals surface area contributed by atoms with Gasteiger partial charge in [0.25, 0.3) is 0 Å². The normalized spacial score (nSPS) is 20.0. The van der Waals surface area contributed by atoms with E-state index >= 15 is 0 Å². The van der Waals surface area contributed by atoms with Crippen molar-refractivity contribution in [2.75, 3.05) is 25.4 Å². The Morgan fingerprint density at radius 1 is 1.59 bits per heavy atom. The third-order valence-corrected chi connectivity index (χ3v) is 3.23. The van der Waals surface area contributed by atoms with Gasteiger partial charge >= 0.3 is 0 Å². The van der Waals surface area contributed by atoms with Crippen LogP contribution in [0.15, 0.2) is 18.3 Å². The maximum Gasteiger partial charge on any atom is 0.0772 e. The molecule has 2 rings (SSSR count). The second-order valence-electron chi connectivity index (χ2n) is 4.50. The molecular weight excluding hydrogens is 214 g/mol. The number of hydrogen-bond acceptors (Lipinski definition) is 4. The summed E-state index contributed by atoms with van der Waals surface area (Å²) in [5, 5.41) is 0. The number of rotatable bonds is 5. The van der Waals surface area contributed by atoms with E-state index in [-0.39, 0.29) is 0 Å². The molecule has 1 fully saturated rings. The molecule has 0 aromatic carbocycles. The van der Waals surface area contributed by atoms with Gasteiger partial charge < -0.3 is 10.5 Å². The Morgan fingerprint density at radius 2 is 2.47 bits per heavy atom. The number of nitrogens with two attached hydrogens (primary N) is 1. The fourth-order valence-electron chi connectivity index (χ4n) is 2.18. The Kier molecular flexibility index (Phi) is 4.34. The van der Waals surface area contributed by atoms with Gasteiger partial charge in [-0.1, -0.05) is 6.92 Å². The molecule has 94 valence electrons. The molecule has 1 saturated heterocycles. The van der Waals surface area contributed by atoms with Crippen LogP contribution in [-0.2, 0) is 11.3 Å². The summed E-state index contributed by atoms with van der Waals surface area (Å²) in [4.78, 5) is 6.68. The number of ether oxygens (including phenoxy) is 1. The highest BCUT2D eigenvalue weighted by Crippen LogP contribution is 2.16. The second-order valence-corrected chi connectivity index (χ2v) is 4.50. The van der Waals surface area contributed by atoms with Gasteiger partial charge in [-0.25, -0.2) is 0 Å². The molecule has 0 bridgehead atoms. The van der Waals surface area contributed by atoms with Gasteiger partial charge in [0, 0.05) is 25.9 Å². The van der Waals surface area contributed by atoms with Crippen LogP contribution in [0, 0.1) is 0 Å². The quantitative estimate of drug-likeness (QED) is 0.843. The summed E-state index contributed by atoms with van der Waals surface area (Å²) in [5.41, 5.74) is 7.65. The van der Waals surface area contributed by atoms with E-state index in [1.165, 1.54) is 12.8 Å². The average molecular weight is 235 g/mol. The Hall–Kier alpha value is -1.13. The van der Waals surface area contributed by atoms with E-state index in [4.69, 9.17) is 10.5 Å². The maximum absolute atomic E-state index is 5.91. The smallest absolute Gasteiger partial charge is 0.0772 e. The van der Waals surface area contributed by atoms with Crippen molar-refractivity contribution in [3.8, 4) is 0 Å². The van der Waals surface area contributed by atoms with Gasteiger partial charge in [0.15, 0.2) is 0 Å². The highest BCUT2D eigenvalue weighted by molar-refractivity contribution is 5.41. The molecular formula is C13H21N3O. The van der Waals surface area contributed by atoms with Crippen LogP contribution in [0.1, 0.15) is 25.5 Å². The van der Waals surface area contributed by atoms with Gasteiger partial charge in [-0.2, -0.15) is 0 Å². The third-order valence-electron chi connectivity index (χ3n) is 3.23. The summed E-state index contributed by atoms with van der Waals surface area (Å²) in [7, 11) is 0. The molecule has 1 aromatic rings. The topological polar surface area (TPSA) is 51.4 Å². The zero-order valence-electron chi connectivity index (χ0n) is 10.4. The molecule has 0 saturated carbocycles. The van der Waals surface area contributed by atoms with Crippen LogP contribution in [0.2, 0.25) is 0 Å². The van der Waals surface area contributed by atoms with E-state index < -0.39 is 0 Å². The number of pyridine rings is 1. The van der Waals surface area contributed by atoms with Crippen LogP contribution in [0.4, 0.5) is 5.69 Å². The minimum atomic E-state index is 0.389. The lowest BCUT2D eigenvalue weighted by Crippen LogP contribution is -2.32. The van der Waals surface area contributed by atoms with E-state index in [0.717, 1.165) is 37.6 Å². The molecule has 0 aliphatic carbocycles. The van der Waals surface area contributed by atoms with Crippen LogP contribution in [0.5, 0.6) is 0 Å². The van der Waals surface area contributed by atoms with Gasteiger partial charge in [0.1, 0.15) is 0 Å². The molecule has 1 aromatic heterocycles. The molecule has 0 radical (unpaired) electrons. The first-order chi connectivity index (χ1) is 8.29. The second kappa shape index (κ2) is 5.98. The number of likely N-dealkylation sites (N-methyl/N-ethyl adjacent to an activating group) is 1. The largest absolute Gasteiger partial charge is 0.397 e. The van der Waals surface area contributed by atoms with Crippen LogP contribution in [-0.4, -0.2) is 35.7 Å². The van der Waals surface area contributed by atoms with E-state index in [9.17, 15) is 0 Å². The van der Waals surface area contributed by atoms with Crippen molar-refractivity contribution in [2.24, 2.45) is 0 Å². The zero-order valence-corrected chi connectivity index (χ0v) is 10.4. The fourth-order valence-corrected chi connectivity index (χ4v) is 2.18. The summed E-state index contributed by atoms with van der Waals surface area (Å²) >= 11 is 0. The Bertz CT molecular complexity index is 350. The van der Waals surface area contributed by atoms with E-state index in [1.807, 2.05) is 12.1 Å². The molecule has 1 aliphatic heterocycles. The number of hydrogen-bond donors (Lipinski definition) is 1. The standard InChI is InChI=1S/C13H21N3O/c1-2-16(9-11-5-4-8-17-11)10-13-12(14)6-3-7-15-13/h3,6-7,11H,2,4-5,8-10,14H2,1H3. The lowest BCUT2D eigenvalue weighted by molar-refractivity contribution is 0.0722. The number of nitrogens with zero attached hydrogens (tertiary/aromatic N) is 2.